The van der Waals surface area contributed by atoms with Crippen molar-refractivity contribution in [2.45, 2.75) is 58.1 Å². The zero-order valence-electron chi connectivity index (χ0n) is 13.2. The molecule has 3 unspecified atom stereocenters. The lowest BCUT2D eigenvalue weighted by Gasteiger charge is -2.46. The molecule has 0 aliphatic heterocycles. The molecular formula is C18H29NO. The molecule has 0 saturated heterocycles. The third kappa shape index (κ3) is 3.42. The Balaban J connectivity index is 2.31. The molecule has 20 heavy (non-hydrogen) atoms. The van der Waals surface area contributed by atoms with Gasteiger partial charge in [-0.25, -0.2) is 0 Å². The highest BCUT2D eigenvalue weighted by Gasteiger charge is 2.43. The van der Waals surface area contributed by atoms with E-state index in [0.717, 1.165) is 31.9 Å². The van der Waals surface area contributed by atoms with Crippen molar-refractivity contribution in [1.29, 1.82) is 0 Å². The highest BCUT2D eigenvalue weighted by molar-refractivity contribution is 5.23. The molecule has 0 aromatic heterocycles. The molecule has 2 nitrogen and oxygen atoms in total. The van der Waals surface area contributed by atoms with Crippen LogP contribution >= 0.6 is 0 Å². The summed E-state index contributed by atoms with van der Waals surface area (Å²) in [5.74, 6) is 0.750. The lowest BCUT2D eigenvalue weighted by molar-refractivity contribution is -0.101. The fourth-order valence-corrected chi connectivity index (χ4v) is 3.77. The third-order valence-electron chi connectivity index (χ3n) is 4.49. The van der Waals surface area contributed by atoms with Crippen LogP contribution < -0.4 is 5.32 Å². The summed E-state index contributed by atoms with van der Waals surface area (Å²) in [6.45, 7) is 8.43. The first-order valence-corrected chi connectivity index (χ1v) is 8.14. The summed E-state index contributed by atoms with van der Waals surface area (Å²) >= 11 is 0. The van der Waals surface area contributed by atoms with Gasteiger partial charge in [-0.2, -0.15) is 0 Å². The molecule has 0 bridgehead atoms. The Morgan fingerprint density at radius 2 is 2.05 bits per heavy atom. The van der Waals surface area contributed by atoms with Crippen LogP contribution in [0.15, 0.2) is 30.3 Å². The van der Waals surface area contributed by atoms with E-state index in [0.29, 0.717) is 6.04 Å². The summed E-state index contributed by atoms with van der Waals surface area (Å²) < 4.78 is 6.35. The van der Waals surface area contributed by atoms with Crippen molar-refractivity contribution in [3.8, 4) is 0 Å². The maximum Gasteiger partial charge on any atom is 0.0878 e. The summed E-state index contributed by atoms with van der Waals surface area (Å²) in [6.07, 6.45) is 4.93. The molecule has 0 radical (unpaired) electrons. The van der Waals surface area contributed by atoms with Crippen LogP contribution in [0.4, 0.5) is 0 Å². The Kier molecular flexibility index (Phi) is 5.62. The number of benzene rings is 1. The van der Waals surface area contributed by atoms with Crippen molar-refractivity contribution in [1.82, 2.24) is 5.32 Å². The third-order valence-corrected chi connectivity index (χ3v) is 4.49. The van der Waals surface area contributed by atoms with Gasteiger partial charge in [0.1, 0.15) is 0 Å². The van der Waals surface area contributed by atoms with E-state index >= 15 is 0 Å². The molecule has 0 heterocycles. The highest BCUT2D eigenvalue weighted by atomic mass is 16.5. The first-order valence-electron chi connectivity index (χ1n) is 8.14. The molecule has 1 aromatic carbocycles. The molecule has 1 fully saturated rings. The summed E-state index contributed by atoms with van der Waals surface area (Å²) in [5.41, 5.74) is 1.32. The van der Waals surface area contributed by atoms with Crippen molar-refractivity contribution < 1.29 is 4.74 Å². The van der Waals surface area contributed by atoms with E-state index in [4.69, 9.17) is 4.74 Å². The predicted octanol–water partition coefficient (Wildman–Crippen LogP) is 4.32. The highest BCUT2D eigenvalue weighted by Crippen LogP contribution is 2.43. The Labute approximate surface area is 123 Å². The van der Waals surface area contributed by atoms with Crippen LogP contribution in [0.3, 0.4) is 0 Å². The van der Waals surface area contributed by atoms with Gasteiger partial charge >= 0.3 is 0 Å². The SMILES string of the molecule is CCNC(c1ccccc1)C1(OCC)CCCC(C)C1. The number of nitrogens with one attached hydrogen (secondary N) is 1. The van der Waals surface area contributed by atoms with E-state index in [-0.39, 0.29) is 5.60 Å². The first-order chi connectivity index (χ1) is 9.72. The van der Waals surface area contributed by atoms with Crippen molar-refractivity contribution >= 4 is 0 Å². The standard InChI is InChI=1S/C18H29NO/c1-4-19-17(16-11-7-6-8-12-16)18(20-5-2)13-9-10-15(3)14-18/h6-8,11-12,15,17,19H,4-5,9-10,13-14H2,1-3H3. The molecule has 1 aliphatic rings. The largest absolute Gasteiger partial charge is 0.373 e. The van der Waals surface area contributed by atoms with Gasteiger partial charge in [0.05, 0.1) is 11.6 Å². The van der Waals surface area contributed by atoms with Gasteiger partial charge in [0.25, 0.3) is 0 Å². The van der Waals surface area contributed by atoms with Gasteiger partial charge in [0, 0.05) is 6.61 Å². The van der Waals surface area contributed by atoms with Crippen LogP contribution in [0, 0.1) is 5.92 Å². The van der Waals surface area contributed by atoms with Crippen molar-refractivity contribution in [2.24, 2.45) is 5.92 Å². The van der Waals surface area contributed by atoms with Crippen LogP contribution in [0.1, 0.15) is 58.1 Å². The number of hydrogen-bond acceptors (Lipinski definition) is 2. The molecule has 1 N–H and O–H groups in total. The molecule has 1 aliphatic carbocycles. The average molecular weight is 275 g/mol. The Hall–Kier alpha value is -0.860. The van der Waals surface area contributed by atoms with Gasteiger partial charge in [-0.05, 0) is 37.8 Å². The van der Waals surface area contributed by atoms with Gasteiger partial charge in [-0.3, -0.25) is 0 Å². The lowest BCUT2D eigenvalue weighted by Crippen LogP contribution is -2.49. The number of likely N-dealkylation sites (N-methyl/N-ethyl adjacent to an activating group) is 1. The van der Waals surface area contributed by atoms with E-state index in [1.807, 2.05) is 0 Å². The van der Waals surface area contributed by atoms with Crippen molar-refractivity contribution in [3.63, 3.8) is 0 Å². The van der Waals surface area contributed by atoms with E-state index in [9.17, 15) is 0 Å². The summed E-state index contributed by atoms with van der Waals surface area (Å²) in [5, 5.41) is 3.69. The van der Waals surface area contributed by atoms with Crippen LogP contribution in [-0.4, -0.2) is 18.8 Å². The maximum absolute atomic E-state index is 6.35. The van der Waals surface area contributed by atoms with E-state index < -0.39 is 0 Å². The zero-order chi connectivity index (χ0) is 14.4. The minimum absolute atomic E-state index is 0.0379. The Morgan fingerprint density at radius 3 is 2.65 bits per heavy atom. The van der Waals surface area contributed by atoms with Gasteiger partial charge in [-0.15, -0.1) is 0 Å². The second-order valence-corrected chi connectivity index (χ2v) is 6.10. The van der Waals surface area contributed by atoms with Gasteiger partial charge < -0.3 is 10.1 Å². The van der Waals surface area contributed by atoms with Crippen molar-refractivity contribution in [3.05, 3.63) is 35.9 Å². The maximum atomic E-state index is 6.35. The Morgan fingerprint density at radius 1 is 1.30 bits per heavy atom. The monoisotopic (exact) mass is 275 g/mol. The van der Waals surface area contributed by atoms with Crippen molar-refractivity contribution in [2.75, 3.05) is 13.2 Å². The fraction of sp³-hybridized carbons (Fsp3) is 0.667. The molecule has 1 saturated carbocycles. The smallest absolute Gasteiger partial charge is 0.0878 e. The number of hydrogen-bond donors (Lipinski definition) is 1. The molecule has 0 amide bonds. The van der Waals surface area contributed by atoms with Gasteiger partial charge in [0.15, 0.2) is 0 Å². The fourth-order valence-electron chi connectivity index (χ4n) is 3.77. The molecule has 0 spiro atoms. The summed E-state index contributed by atoms with van der Waals surface area (Å²) in [4.78, 5) is 0. The molecule has 112 valence electrons. The minimum Gasteiger partial charge on any atom is -0.373 e. The Bertz CT molecular complexity index is 388. The first kappa shape index (κ1) is 15.5. The zero-order valence-corrected chi connectivity index (χ0v) is 13.2. The number of ether oxygens (including phenoxy) is 1. The second kappa shape index (κ2) is 7.24. The van der Waals surface area contributed by atoms with Crippen LogP contribution in [-0.2, 0) is 4.74 Å². The van der Waals surface area contributed by atoms with Crippen LogP contribution in [0.5, 0.6) is 0 Å². The van der Waals surface area contributed by atoms with Crippen LogP contribution in [0.25, 0.3) is 0 Å². The second-order valence-electron chi connectivity index (χ2n) is 6.10. The predicted molar refractivity (Wildman–Crippen MR) is 84.8 cm³/mol. The van der Waals surface area contributed by atoms with Crippen LogP contribution in [0.2, 0.25) is 0 Å². The summed E-state index contributed by atoms with van der Waals surface area (Å²) in [6, 6.07) is 11.1. The van der Waals surface area contributed by atoms with E-state index in [1.165, 1.54) is 18.4 Å². The van der Waals surface area contributed by atoms with E-state index in [1.54, 1.807) is 0 Å². The molecule has 1 aromatic rings. The summed E-state index contributed by atoms with van der Waals surface area (Å²) in [7, 11) is 0. The lowest BCUT2D eigenvalue weighted by atomic mass is 9.72. The van der Waals surface area contributed by atoms with E-state index in [2.05, 4.69) is 56.4 Å². The quantitative estimate of drug-likeness (QED) is 0.834. The van der Waals surface area contributed by atoms with Gasteiger partial charge in [-0.1, -0.05) is 57.0 Å². The molecule has 2 rings (SSSR count). The molecular weight excluding hydrogens is 246 g/mol. The topological polar surface area (TPSA) is 21.3 Å². The average Bonchev–Trinajstić information content (AvgIpc) is 2.46. The minimum atomic E-state index is -0.0379. The van der Waals surface area contributed by atoms with Gasteiger partial charge in [0.2, 0.25) is 0 Å². The molecule has 3 atom stereocenters. The normalized spacial score (nSPS) is 28.2. The molecule has 2 heteroatoms. The number of rotatable bonds is 6.